The van der Waals surface area contributed by atoms with Crippen molar-refractivity contribution in [2.24, 2.45) is 0 Å². The van der Waals surface area contributed by atoms with Gasteiger partial charge in [-0.1, -0.05) is 17.7 Å². The molecule has 1 fully saturated rings. The van der Waals surface area contributed by atoms with Crippen LogP contribution >= 0.6 is 11.6 Å². The number of hydrogen-bond acceptors (Lipinski definition) is 7. The Morgan fingerprint density at radius 1 is 0.968 bits per heavy atom. The molecule has 1 heterocycles. The molecular weight excluding hydrogens is 420 g/mol. The fraction of sp³-hybridized carbons (Fsp3) is 0.478. The quantitative estimate of drug-likeness (QED) is 0.596. The van der Waals surface area contributed by atoms with Crippen LogP contribution in [0.2, 0.25) is 5.02 Å². The van der Waals surface area contributed by atoms with Gasteiger partial charge in [0, 0.05) is 43.4 Å². The van der Waals surface area contributed by atoms with Gasteiger partial charge in [0.25, 0.3) is 0 Å². The highest BCUT2D eigenvalue weighted by Crippen LogP contribution is 2.38. The summed E-state index contributed by atoms with van der Waals surface area (Å²) in [5.41, 5.74) is 2.03. The zero-order valence-corrected chi connectivity index (χ0v) is 19.1. The third-order valence-electron chi connectivity index (χ3n) is 5.32. The summed E-state index contributed by atoms with van der Waals surface area (Å²) in [6.45, 7) is 4.76. The average molecular weight is 451 g/mol. The monoisotopic (exact) mass is 450 g/mol. The van der Waals surface area contributed by atoms with Gasteiger partial charge in [0.1, 0.15) is 0 Å². The highest BCUT2D eigenvalue weighted by atomic mass is 35.5. The van der Waals surface area contributed by atoms with Crippen LogP contribution in [-0.4, -0.2) is 76.8 Å². The Bertz CT molecular complexity index is 817. The first-order valence-corrected chi connectivity index (χ1v) is 10.7. The van der Waals surface area contributed by atoms with E-state index in [1.165, 1.54) is 0 Å². The van der Waals surface area contributed by atoms with Gasteiger partial charge in [-0.05, 0) is 35.9 Å². The van der Waals surface area contributed by atoms with Crippen molar-refractivity contribution >= 4 is 17.3 Å². The van der Waals surface area contributed by atoms with Crippen molar-refractivity contribution < 1.29 is 24.1 Å². The Kier molecular flexibility index (Phi) is 8.66. The predicted octanol–water partition coefficient (Wildman–Crippen LogP) is 3.07. The third-order valence-corrected chi connectivity index (χ3v) is 5.55. The normalized spacial score (nSPS) is 15.6. The maximum absolute atomic E-state index is 10.4. The van der Waals surface area contributed by atoms with Crippen LogP contribution in [0.5, 0.6) is 17.2 Å². The van der Waals surface area contributed by atoms with E-state index in [0.717, 1.165) is 42.5 Å². The number of aliphatic hydroxyl groups excluding tert-OH is 1. The minimum atomic E-state index is -0.556. The largest absolute Gasteiger partial charge is 0.493 e. The number of hydrogen-bond donors (Lipinski definition) is 1. The molecule has 2 aromatic carbocycles. The molecule has 1 saturated heterocycles. The van der Waals surface area contributed by atoms with Crippen molar-refractivity contribution in [1.82, 2.24) is 4.90 Å². The Morgan fingerprint density at radius 2 is 1.65 bits per heavy atom. The van der Waals surface area contributed by atoms with Crippen LogP contribution in [0, 0.1) is 0 Å². The molecule has 0 bridgehead atoms. The van der Waals surface area contributed by atoms with Crippen LogP contribution in [0.25, 0.3) is 0 Å². The van der Waals surface area contributed by atoms with Crippen LogP contribution in [0.15, 0.2) is 36.4 Å². The molecule has 0 unspecified atom stereocenters. The van der Waals surface area contributed by atoms with Gasteiger partial charge in [0.05, 0.1) is 40.6 Å². The van der Waals surface area contributed by atoms with E-state index in [2.05, 4.69) is 15.9 Å². The topological polar surface area (TPSA) is 63.6 Å². The Hall–Kier alpha value is -2.19. The summed E-state index contributed by atoms with van der Waals surface area (Å²) < 4.78 is 21.8. The zero-order chi connectivity index (χ0) is 22.2. The minimum Gasteiger partial charge on any atom is -0.493 e. The van der Waals surface area contributed by atoms with Gasteiger partial charge in [0.2, 0.25) is 5.75 Å². The predicted molar refractivity (Wildman–Crippen MR) is 122 cm³/mol. The fourth-order valence-corrected chi connectivity index (χ4v) is 3.93. The summed E-state index contributed by atoms with van der Waals surface area (Å²) in [5.74, 6) is 1.71. The second-order valence-electron chi connectivity index (χ2n) is 7.47. The Morgan fingerprint density at radius 3 is 2.23 bits per heavy atom. The Balaban J connectivity index is 1.43. The number of β-amino-alcohol motifs (C(OH)–C–C–N with tert-alkyl or cyclic N) is 1. The van der Waals surface area contributed by atoms with Gasteiger partial charge in [-0.25, -0.2) is 0 Å². The lowest BCUT2D eigenvalue weighted by Crippen LogP contribution is -2.49. The van der Waals surface area contributed by atoms with E-state index in [4.69, 9.17) is 30.5 Å². The highest BCUT2D eigenvalue weighted by Gasteiger charge is 2.20. The molecule has 0 aromatic heterocycles. The molecule has 0 amide bonds. The van der Waals surface area contributed by atoms with Crippen LogP contribution in [0.1, 0.15) is 5.56 Å². The molecule has 0 radical (unpaired) electrons. The smallest absolute Gasteiger partial charge is 0.203 e. The molecule has 7 nitrogen and oxygen atoms in total. The van der Waals surface area contributed by atoms with E-state index < -0.39 is 6.10 Å². The standard InChI is InChI=1S/C23H31ClN2O5/c1-28-21-11-17(12-22(29-2)23(21)30-3)15-31-16-20(27)14-25-7-9-26(10-8-25)19-6-4-5-18(24)13-19/h4-6,11-13,20,27H,7-10,14-16H2,1-3H3/t20-/m0/s1. The van der Waals surface area contributed by atoms with Gasteiger partial charge in [-0.15, -0.1) is 0 Å². The molecule has 1 aliphatic rings. The second-order valence-corrected chi connectivity index (χ2v) is 7.91. The summed E-state index contributed by atoms with van der Waals surface area (Å²) >= 11 is 6.10. The molecule has 1 N–H and O–H groups in total. The second kappa shape index (κ2) is 11.4. The molecule has 3 rings (SSSR count). The number of aliphatic hydroxyl groups is 1. The summed E-state index contributed by atoms with van der Waals surface area (Å²) in [6.07, 6.45) is -0.556. The molecule has 1 atom stereocenters. The number of ether oxygens (including phenoxy) is 4. The summed E-state index contributed by atoms with van der Waals surface area (Å²) in [4.78, 5) is 4.57. The maximum Gasteiger partial charge on any atom is 0.203 e. The van der Waals surface area contributed by atoms with E-state index in [1.807, 2.05) is 30.3 Å². The third kappa shape index (κ3) is 6.40. The number of nitrogens with zero attached hydrogens (tertiary/aromatic N) is 2. The lowest BCUT2D eigenvalue weighted by atomic mass is 10.2. The maximum atomic E-state index is 10.4. The van der Waals surface area contributed by atoms with E-state index >= 15 is 0 Å². The van der Waals surface area contributed by atoms with Gasteiger partial charge >= 0.3 is 0 Å². The molecule has 31 heavy (non-hydrogen) atoms. The van der Waals surface area contributed by atoms with Crippen LogP contribution < -0.4 is 19.1 Å². The van der Waals surface area contributed by atoms with Gasteiger partial charge in [-0.2, -0.15) is 0 Å². The number of methoxy groups -OCH3 is 3. The van der Waals surface area contributed by atoms with Crippen molar-refractivity contribution in [1.29, 1.82) is 0 Å². The number of rotatable bonds is 10. The molecule has 0 spiro atoms. The van der Waals surface area contributed by atoms with E-state index in [9.17, 15) is 5.11 Å². The zero-order valence-electron chi connectivity index (χ0n) is 18.3. The first-order valence-electron chi connectivity index (χ1n) is 10.3. The van der Waals surface area contributed by atoms with Gasteiger partial charge in [0.15, 0.2) is 11.5 Å². The van der Waals surface area contributed by atoms with Crippen molar-refractivity contribution in [3.05, 3.63) is 47.0 Å². The highest BCUT2D eigenvalue weighted by molar-refractivity contribution is 6.30. The molecule has 0 aliphatic carbocycles. The lowest BCUT2D eigenvalue weighted by Gasteiger charge is -2.36. The van der Waals surface area contributed by atoms with Crippen molar-refractivity contribution in [3.63, 3.8) is 0 Å². The number of anilines is 1. The molecule has 1 aliphatic heterocycles. The van der Waals surface area contributed by atoms with E-state index in [-0.39, 0.29) is 6.61 Å². The SMILES string of the molecule is COc1cc(COC[C@@H](O)CN2CCN(c3cccc(Cl)c3)CC2)cc(OC)c1OC. The van der Waals surface area contributed by atoms with Crippen molar-refractivity contribution in [2.45, 2.75) is 12.7 Å². The van der Waals surface area contributed by atoms with E-state index in [1.54, 1.807) is 21.3 Å². The molecule has 8 heteroatoms. The number of halogens is 1. The Labute approximate surface area is 189 Å². The van der Waals surface area contributed by atoms with Crippen molar-refractivity contribution in [3.8, 4) is 17.2 Å². The summed E-state index contributed by atoms with van der Waals surface area (Å²) in [6, 6.07) is 11.6. The summed E-state index contributed by atoms with van der Waals surface area (Å²) in [7, 11) is 4.73. The van der Waals surface area contributed by atoms with Gasteiger partial charge in [-0.3, -0.25) is 4.90 Å². The summed E-state index contributed by atoms with van der Waals surface area (Å²) in [5, 5.41) is 11.2. The van der Waals surface area contributed by atoms with Gasteiger partial charge < -0.3 is 29.0 Å². The minimum absolute atomic E-state index is 0.255. The fourth-order valence-electron chi connectivity index (χ4n) is 3.74. The van der Waals surface area contributed by atoms with Crippen LogP contribution in [0.3, 0.4) is 0 Å². The first kappa shape index (κ1) is 23.5. The van der Waals surface area contributed by atoms with Crippen LogP contribution in [0.4, 0.5) is 5.69 Å². The van der Waals surface area contributed by atoms with Crippen molar-refractivity contribution in [2.75, 3.05) is 65.6 Å². The lowest BCUT2D eigenvalue weighted by molar-refractivity contribution is 0.00905. The first-order chi connectivity index (χ1) is 15.0. The van der Waals surface area contributed by atoms with E-state index in [0.29, 0.717) is 30.4 Å². The average Bonchev–Trinajstić information content (AvgIpc) is 2.78. The van der Waals surface area contributed by atoms with Crippen LogP contribution in [-0.2, 0) is 11.3 Å². The number of piperazine rings is 1. The molecular formula is C23H31ClN2O5. The molecule has 170 valence electrons. The molecule has 2 aromatic rings. The number of benzene rings is 2. The molecule has 0 saturated carbocycles.